The predicted molar refractivity (Wildman–Crippen MR) is 114 cm³/mol. The third-order valence-electron chi connectivity index (χ3n) is 4.57. The Hall–Kier alpha value is -0.830. The first kappa shape index (κ1) is 22.2. The van der Waals surface area contributed by atoms with Gasteiger partial charge in [0.1, 0.15) is 6.54 Å². The van der Waals surface area contributed by atoms with E-state index in [1.54, 1.807) is 0 Å². The average Bonchev–Trinajstić information content (AvgIpc) is 3.07. The fraction of sp³-hybridized carbons (Fsp3) is 0.778. The molecule has 1 aliphatic rings. The summed E-state index contributed by atoms with van der Waals surface area (Å²) in [5.74, 6) is 2.04. The molecule has 0 aromatic carbocycles. The van der Waals surface area contributed by atoms with Gasteiger partial charge < -0.3 is 15.2 Å². The molecule has 1 unspecified atom stereocenters. The summed E-state index contributed by atoms with van der Waals surface area (Å²) in [4.78, 5) is 7.19. The monoisotopic (exact) mass is 463 g/mol. The molecule has 7 heteroatoms. The Bertz CT molecular complexity index is 517. The summed E-state index contributed by atoms with van der Waals surface area (Å²) in [6, 6.07) is 2.60. The van der Waals surface area contributed by atoms with Crippen LogP contribution in [-0.4, -0.2) is 48.2 Å². The van der Waals surface area contributed by atoms with Crippen molar-refractivity contribution in [3.63, 3.8) is 0 Å². The molecular formula is C18H34IN5O. The minimum Gasteiger partial charge on any atom is -0.359 e. The van der Waals surface area contributed by atoms with Crippen molar-refractivity contribution in [1.29, 1.82) is 0 Å². The zero-order valence-corrected chi connectivity index (χ0v) is 18.4. The van der Waals surface area contributed by atoms with Crippen LogP contribution in [0.15, 0.2) is 15.6 Å². The number of nitrogens with one attached hydrogen (secondary N) is 2. The summed E-state index contributed by atoms with van der Waals surface area (Å²) in [6.45, 7) is 13.2. The maximum Gasteiger partial charge on any atom is 0.191 e. The Kier molecular flexibility index (Phi) is 10.4. The normalized spacial score (nSPS) is 18.9. The Morgan fingerprint density at radius 1 is 1.36 bits per heavy atom. The summed E-state index contributed by atoms with van der Waals surface area (Å²) in [5, 5.41) is 10.9. The standard InChI is InChI=1S/C18H33N5O.HI/c1-5-19-18(20-12-15-9-7-8-10-23(15)6-2)21-13-16-11-17(14(3)4)22-24-16;/h11,14-15H,5-10,12-13H2,1-4H3,(H2,19,20,21);1H. The molecule has 0 amide bonds. The van der Waals surface area contributed by atoms with Gasteiger partial charge in [-0.3, -0.25) is 4.90 Å². The Balaban J connectivity index is 0.00000312. The van der Waals surface area contributed by atoms with E-state index >= 15 is 0 Å². The lowest BCUT2D eigenvalue weighted by Gasteiger charge is -2.35. The maximum atomic E-state index is 5.36. The molecule has 0 aliphatic carbocycles. The summed E-state index contributed by atoms with van der Waals surface area (Å²) in [5.41, 5.74) is 0.985. The molecule has 1 aliphatic heterocycles. The van der Waals surface area contributed by atoms with Crippen molar-refractivity contribution < 1.29 is 4.52 Å². The second kappa shape index (κ2) is 11.7. The second-order valence-corrected chi connectivity index (χ2v) is 6.73. The Morgan fingerprint density at radius 2 is 2.16 bits per heavy atom. The fourth-order valence-electron chi connectivity index (χ4n) is 3.10. The van der Waals surface area contributed by atoms with E-state index in [4.69, 9.17) is 4.52 Å². The van der Waals surface area contributed by atoms with Crippen molar-refractivity contribution >= 4 is 29.9 Å². The number of aliphatic imine (C=N–C) groups is 1. The summed E-state index contributed by atoms with van der Waals surface area (Å²) >= 11 is 0. The van der Waals surface area contributed by atoms with Gasteiger partial charge in [0.2, 0.25) is 0 Å². The molecule has 0 radical (unpaired) electrons. The Morgan fingerprint density at radius 3 is 2.80 bits per heavy atom. The van der Waals surface area contributed by atoms with Gasteiger partial charge in [0.05, 0.1) is 5.69 Å². The van der Waals surface area contributed by atoms with Crippen molar-refractivity contribution in [2.75, 3.05) is 26.2 Å². The number of hydrogen-bond donors (Lipinski definition) is 2. The molecule has 6 nitrogen and oxygen atoms in total. The van der Waals surface area contributed by atoms with Crippen LogP contribution >= 0.6 is 24.0 Å². The van der Waals surface area contributed by atoms with Gasteiger partial charge in [-0.05, 0) is 38.8 Å². The summed E-state index contributed by atoms with van der Waals surface area (Å²) in [6.07, 6.45) is 3.91. The van der Waals surface area contributed by atoms with Crippen LogP contribution < -0.4 is 10.6 Å². The van der Waals surface area contributed by atoms with E-state index in [1.165, 1.54) is 25.8 Å². The number of likely N-dealkylation sites (N-methyl/N-ethyl adjacent to an activating group) is 1. The number of nitrogens with zero attached hydrogens (tertiary/aromatic N) is 3. The molecule has 2 N–H and O–H groups in total. The van der Waals surface area contributed by atoms with Gasteiger partial charge in [-0.25, -0.2) is 4.99 Å². The van der Waals surface area contributed by atoms with Gasteiger partial charge in [0, 0.05) is 25.2 Å². The SMILES string of the molecule is CCNC(=NCc1cc(C(C)C)no1)NCC1CCCCN1CC.I. The van der Waals surface area contributed by atoms with Crippen LogP contribution in [0.4, 0.5) is 0 Å². The molecule has 1 aromatic rings. The Labute approximate surface area is 169 Å². The first-order chi connectivity index (χ1) is 11.6. The van der Waals surface area contributed by atoms with E-state index < -0.39 is 0 Å². The lowest BCUT2D eigenvalue weighted by molar-refractivity contribution is 0.157. The highest BCUT2D eigenvalue weighted by Crippen LogP contribution is 2.16. The number of likely N-dealkylation sites (tertiary alicyclic amines) is 1. The molecule has 0 spiro atoms. The van der Waals surface area contributed by atoms with Gasteiger partial charge in [0.15, 0.2) is 11.7 Å². The molecule has 0 saturated carbocycles. The number of hydrogen-bond acceptors (Lipinski definition) is 4. The highest BCUT2D eigenvalue weighted by molar-refractivity contribution is 14.0. The first-order valence-corrected chi connectivity index (χ1v) is 9.35. The minimum atomic E-state index is 0. The van der Waals surface area contributed by atoms with Crippen molar-refractivity contribution in [2.45, 2.75) is 65.5 Å². The molecule has 1 aromatic heterocycles. The van der Waals surface area contributed by atoms with E-state index in [2.05, 4.69) is 53.4 Å². The molecule has 1 fully saturated rings. The van der Waals surface area contributed by atoms with E-state index in [-0.39, 0.29) is 24.0 Å². The smallest absolute Gasteiger partial charge is 0.191 e. The van der Waals surface area contributed by atoms with E-state index in [9.17, 15) is 0 Å². The molecule has 1 saturated heterocycles. The highest BCUT2D eigenvalue weighted by atomic mass is 127. The molecular weight excluding hydrogens is 429 g/mol. The van der Waals surface area contributed by atoms with Crippen LogP contribution in [0.3, 0.4) is 0 Å². The van der Waals surface area contributed by atoms with Crippen LogP contribution in [0.5, 0.6) is 0 Å². The zero-order chi connectivity index (χ0) is 17.4. The molecule has 2 rings (SSSR count). The number of guanidine groups is 1. The van der Waals surface area contributed by atoms with Gasteiger partial charge in [-0.15, -0.1) is 24.0 Å². The quantitative estimate of drug-likeness (QED) is 0.369. The number of halogens is 1. The largest absolute Gasteiger partial charge is 0.359 e. The van der Waals surface area contributed by atoms with Crippen LogP contribution in [0, 0.1) is 0 Å². The number of aromatic nitrogens is 1. The van der Waals surface area contributed by atoms with Crippen molar-refractivity contribution in [1.82, 2.24) is 20.7 Å². The van der Waals surface area contributed by atoms with Crippen molar-refractivity contribution in [2.24, 2.45) is 4.99 Å². The summed E-state index contributed by atoms with van der Waals surface area (Å²) in [7, 11) is 0. The molecule has 2 heterocycles. The van der Waals surface area contributed by atoms with Gasteiger partial charge >= 0.3 is 0 Å². The van der Waals surface area contributed by atoms with E-state index in [0.29, 0.717) is 18.5 Å². The van der Waals surface area contributed by atoms with Crippen LogP contribution in [0.1, 0.15) is 64.3 Å². The van der Waals surface area contributed by atoms with Crippen LogP contribution in [0.2, 0.25) is 0 Å². The molecule has 0 bridgehead atoms. The lowest BCUT2D eigenvalue weighted by Crippen LogP contribution is -2.49. The van der Waals surface area contributed by atoms with Gasteiger partial charge in [-0.2, -0.15) is 0 Å². The third kappa shape index (κ3) is 7.13. The second-order valence-electron chi connectivity index (χ2n) is 6.73. The van der Waals surface area contributed by atoms with E-state index in [0.717, 1.165) is 37.0 Å². The third-order valence-corrected chi connectivity index (χ3v) is 4.57. The van der Waals surface area contributed by atoms with Crippen molar-refractivity contribution in [3.8, 4) is 0 Å². The van der Waals surface area contributed by atoms with Crippen LogP contribution in [0.25, 0.3) is 0 Å². The molecule has 25 heavy (non-hydrogen) atoms. The molecule has 144 valence electrons. The fourth-order valence-corrected chi connectivity index (χ4v) is 3.10. The lowest BCUT2D eigenvalue weighted by atomic mass is 10.0. The maximum absolute atomic E-state index is 5.36. The van der Waals surface area contributed by atoms with Crippen LogP contribution in [-0.2, 0) is 6.54 Å². The summed E-state index contributed by atoms with van der Waals surface area (Å²) < 4.78 is 5.36. The first-order valence-electron chi connectivity index (χ1n) is 9.35. The van der Waals surface area contributed by atoms with Crippen molar-refractivity contribution in [3.05, 3.63) is 17.5 Å². The number of rotatable bonds is 7. The highest BCUT2D eigenvalue weighted by Gasteiger charge is 2.20. The van der Waals surface area contributed by atoms with E-state index in [1.807, 2.05) is 6.07 Å². The predicted octanol–water partition coefficient (Wildman–Crippen LogP) is 3.35. The average molecular weight is 463 g/mol. The topological polar surface area (TPSA) is 65.7 Å². The van der Waals surface area contributed by atoms with Gasteiger partial charge in [-0.1, -0.05) is 32.3 Å². The van der Waals surface area contributed by atoms with Gasteiger partial charge in [0.25, 0.3) is 0 Å². The minimum absolute atomic E-state index is 0. The zero-order valence-electron chi connectivity index (χ0n) is 16.0. The molecule has 1 atom stereocenters. The number of piperidine rings is 1.